The van der Waals surface area contributed by atoms with Crippen molar-refractivity contribution >= 4 is 11.9 Å². The van der Waals surface area contributed by atoms with E-state index in [0.29, 0.717) is 19.4 Å². The Morgan fingerprint density at radius 2 is 2.15 bits per heavy atom. The minimum absolute atomic E-state index is 0.163. The molecule has 20 heavy (non-hydrogen) atoms. The lowest BCUT2D eigenvalue weighted by molar-refractivity contribution is -0.140. The second-order valence-corrected chi connectivity index (χ2v) is 5.14. The predicted octanol–water partition coefficient (Wildman–Crippen LogP) is 1.38. The van der Waals surface area contributed by atoms with Gasteiger partial charge in [0, 0.05) is 6.54 Å². The Kier molecular flexibility index (Phi) is 4.27. The quantitative estimate of drug-likeness (QED) is 0.823. The van der Waals surface area contributed by atoms with E-state index in [-0.39, 0.29) is 11.8 Å². The number of rotatable bonds is 6. The smallest absolute Gasteiger partial charge is 0.307 e. The highest BCUT2D eigenvalue weighted by Gasteiger charge is 2.48. The van der Waals surface area contributed by atoms with E-state index in [0.717, 1.165) is 16.9 Å². The first-order chi connectivity index (χ1) is 9.52. The van der Waals surface area contributed by atoms with Crippen LogP contribution in [0.15, 0.2) is 18.2 Å². The normalized spacial score (nSPS) is 20.3. The number of hydrogen-bond donors (Lipinski definition) is 2. The van der Waals surface area contributed by atoms with Gasteiger partial charge in [0.2, 0.25) is 5.91 Å². The molecule has 1 saturated carbocycles. The number of aryl methyl sites for hydroxylation is 1. The number of carbonyl (C=O) groups is 2. The Hall–Kier alpha value is -2.04. The van der Waals surface area contributed by atoms with E-state index in [1.165, 1.54) is 0 Å². The molecule has 5 nitrogen and oxygen atoms in total. The van der Waals surface area contributed by atoms with Crippen LogP contribution >= 0.6 is 0 Å². The highest BCUT2D eigenvalue weighted by Crippen LogP contribution is 2.38. The van der Waals surface area contributed by atoms with Crippen molar-refractivity contribution in [1.82, 2.24) is 5.32 Å². The second-order valence-electron chi connectivity index (χ2n) is 5.14. The second kappa shape index (κ2) is 5.94. The number of methoxy groups -OCH3 is 1. The third kappa shape index (κ3) is 3.29. The van der Waals surface area contributed by atoms with E-state index in [1.54, 1.807) is 7.11 Å². The van der Waals surface area contributed by atoms with Gasteiger partial charge in [-0.15, -0.1) is 0 Å². The Bertz CT molecular complexity index is 527. The molecular weight excluding hydrogens is 258 g/mol. The van der Waals surface area contributed by atoms with Gasteiger partial charge in [-0.25, -0.2) is 0 Å². The van der Waals surface area contributed by atoms with Crippen molar-refractivity contribution in [2.45, 2.75) is 19.8 Å². The average molecular weight is 277 g/mol. The zero-order valence-electron chi connectivity index (χ0n) is 11.7. The van der Waals surface area contributed by atoms with Crippen LogP contribution in [-0.4, -0.2) is 30.6 Å². The molecule has 0 aromatic heterocycles. The highest BCUT2D eigenvalue weighted by atomic mass is 16.5. The maximum atomic E-state index is 11.7. The lowest BCUT2D eigenvalue weighted by Gasteiger charge is -2.10. The first kappa shape index (κ1) is 14.4. The van der Waals surface area contributed by atoms with Gasteiger partial charge in [-0.1, -0.05) is 17.7 Å². The van der Waals surface area contributed by atoms with Crippen molar-refractivity contribution < 1.29 is 19.4 Å². The van der Waals surface area contributed by atoms with Gasteiger partial charge in [-0.05, 0) is 31.4 Å². The number of benzene rings is 1. The van der Waals surface area contributed by atoms with E-state index < -0.39 is 11.9 Å². The zero-order valence-corrected chi connectivity index (χ0v) is 11.7. The number of ether oxygens (including phenoxy) is 1. The molecule has 1 aromatic rings. The van der Waals surface area contributed by atoms with Crippen molar-refractivity contribution in [2.24, 2.45) is 11.8 Å². The molecule has 2 rings (SSSR count). The molecule has 0 radical (unpaired) electrons. The molecule has 1 aromatic carbocycles. The van der Waals surface area contributed by atoms with E-state index in [9.17, 15) is 9.59 Å². The van der Waals surface area contributed by atoms with Crippen molar-refractivity contribution in [2.75, 3.05) is 13.7 Å². The largest absolute Gasteiger partial charge is 0.496 e. The van der Waals surface area contributed by atoms with Crippen LogP contribution in [0, 0.1) is 18.8 Å². The van der Waals surface area contributed by atoms with Crippen LogP contribution < -0.4 is 10.1 Å². The number of aliphatic carboxylic acids is 1. The van der Waals surface area contributed by atoms with Crippen LogP contribution in [0.2, 0.25) is 0 Å². The van der Waals surface area contributed by atoms with Gasteiger partial charge < -0.3 is 15.2 Å². The van der Waals surface area contributed by atoms with Crippen LogP contribution in [0.5, 0.6) is 5.75 Å². The molecule has 2 atom stereocenters. The average Bonchev–Trinajstić information content (AvgIpc) is 3.19. The molecule has 1 aliphatic rings. The summed E-state index contributed by atoms with van der Waals surface area (Å²) in [5.41, 5.74) is 2.18. The summed E-state index contributed by atoms with van der Waals surface area (Å²) in [6.07, 6.45) is 1.12. The first-order valence-corrected chi connectivity index (χ1v) is 6.67. The molecule has 108 valence electrons. The highest BCUT2D eigenvalue weighted by molar-refractivity contribution is 5.89. The summed E-state index contributed by atoms with van der Waals surface area (Å²) in [6, 6.07) is 5.92. The number of amides is 1. The van der Waals surface area contributed by atoms with Crippen LogP contribution in [0.4, 0.5) is 0 Å². The molecule has 1 aliphatic carbocycles. The molecule has 1 fully saturated rings. The summed E-state index contributed by atoms with van der Waals surface area (Å²) in [5.74, 6) is -1.09. The van der Waals surface area contributed by atoms with Crippen molar-refractivity contribution in [3.05, 3.63) is 29.3 Å². The van der Waals surface area contributed by atoms with Gasteiger partial charge in [-0.3, -0.25) is 9.59 Å². The van der Waals surface area contributed by atoms with E-state index >= 15 is 0 Å². The summed E-state index contributed by atoms with van der Waals surface area (Å²) in [5, 5.41) is 11.6. The van der Waals surface area contributed by atoms with Gasteiger partial charge in [0.05, 0.1) is 18.9 Å². The summed E-state index contributed by atoms with van der Waals surface area (Å²) in [6.45, 7) is 2.49. The van der Waals surface area contributed by atoms with Gasteiger partial charge in [0.25, 0.3) is 0 Å². The van der Waals surface area contributed by atoms with Gasteiger partial charge in [0.15, 0.2) is 0 Å². The standard InChI is InChI=1S/C15H19NO4/c1-9-3-4-13(20-2)10(7-9)5-6-16-14(17)11-8-12(11)15(18)19/h3-4,7,11-12H,5-6,8H2,1-2H3,(H,16,17)(H,18,19)/t11-,12+/m1/s1. The third-order valence-electron chi connectivity index (χ3n) is 3.57. The van der Waals surface area contributed by atoms with Crippen molar-refractivity contribution in [3.8, 4) is 5.75 Å². The fraction of sp³-hybridized carbons (Fsp3) is 0.467. The Morgan fingerprint density at radius 3 is 2.75 bits per heavy atom. The molecule has 0 heterocycles. The van der Waals surface area contributed by atoms with Crippen molar-refractivity contribution in [1.29, 1.82) is 0 Å². The fourth-order valence-corrected chi connectivity index (χ4v) is 2.31. The molecule has 0 bridgehead atoms. The summed E-state index contributed by atoms with van der Waals surface area (Å²) in [4.78, 5) is 22.4. The number of carbonyl (C=O) groups excluding carboxylic acids is 1. The van der Waals surface area contributed by atoms with E-state index in [2.05, 4.69) is 5.32 Å². The minimum Gasteiger partial charge on any atom is -0.496 e. The molecule has 0 unspecified atom stereocenters. The SMILES string of the molecule is COc1ccc(C)cc1CCNC(=O)[C@@H]1C[C@@H]1C(=O)O. The number of carboxylic acid groups (broad SMARTS) is 1. The molecule has 1 amide bonds. The topological polar surface area (TPSA) is 75.6 Å². The number of hydrogen-bond acceptors (Lipinski definition) is 3. The van der Waals surface area contributed by atoms with E-state index in [1.807, 2.05) is 25.1 Å². The zero-order chi connectivity index (χ0) is 14.7. The van der Waals surface area contributed by atoms with Crippen LogP contribution in [0.3, 0.4) is 0 Å². The fourth-order valence-electron chi connectivity index (χ4n) is 2.31. The van der Waals surface area contributed by atoms with Gasteiger partial charge >= 0.3 is 5.97 Å². The summed E-state index contributed by atoms with van der Waals surface area (Å²) in [7, 11) is 1.62. The number of nitrogens with one attached hydrogen (secondary N) is 1. The maximum Gasteiger partial charge on any atom is 0.307 e. The maximum absolute atomic E-state index is 11.7. The summed E-state index contributed by atoms with van der Waals surface area (Å²) < 4.78 is 5.28. The van der Waals surface area contributed by atoms with Crippen LogP contribution in [0.1, 0.15) is 17.5 Å². The third-order valence-corrected chi connectivity index (χ3v) is 3.57. The minimum atomic E-state index is -0.884. The van der Waals surface area contributed by atoms with Gasteiger partial charge in [0.1, 0.15) is 5.75 Å². The van der Waals surface area contributed by atoms with Crippen LogP contribution in [-0.2, 0) is 16.0 Å². The van der Waals surface area contributed by atoms with E-state index in [4.69, 9.17) is 9.84 Å². The van der Waals surface area contributed by atoms with Crippen LogP contribution in [0.25, 0.3) is 0 Å². The van der Waals surface area contributed by atoms with Crippen molar-refractivity contribution in [3.63, 3.8) is 0 Å². The molecule has 5 heteroatoms. The van der Waals surface area contributed by atoms with Gasteiger partial charge in [-0.2, -0.15) is 0 Å². The predicted molar refractivity (Wildman–Crippen MR) is 73.7 cm³/mol. The monoisotopic (exact) mass is 277 g/mol. The first-order valence-electron chi connectivity index (χ1n) is 6.67. The lowest BCUT2D eigenvalue weighted by atomic mass is 10.1. The summed E-state index contributed by atoms with van der Waals surface area (Å²) >= 11 is 0. The Balaban J connectivity index is 1.83. The molecule has 0 aliphatic heterocycles. The molecule has 2 N–H and O–H groups in total. The number of carboxylic acids is 1. The molecule has 0 saturated heterocycles. The molecule has 0 spiro atoms. The Labute approximate surface area is 117 Å². The Morgan fingerprint density at radius 1 is 1.40 bits per heavy atom. The lowest BCUT2D eigenvalue weighted by Crippen LogP contribution is -2.28. The molecular formula is C15H19NO4.